The molecule has 0 aliphatic carbocycles. The number of carboxylic acid groups (broad SMARTS) is 1. The van der Waals surface area contributed by atoms with Gasteiger partial charge in [-0.05, 0) is 48.4 Å². The molecule has 140 valence electrons. The standard InChI is InChI=1S/C19H19N3O4S/c1-2-3-10-26-15-8-9-20-14-6-4-12(11-13(14)15)5-7-16-17(23)21-18(27-16)22-19(24)25/h4,6-9,11H,2-3,5,10H2,1H3,(H,24,25)(H,21,22,23)/b16-7-. The quantitative estimate of drug-likeness (QED) is 0.580. The summed E-state index contributed by atoms with van der Waals surface area (Å²) in [6, 6.07) is 7.73. The third-order valence-corrected chi connectivity index (χ3v) is 4.83. The van der Waals surface area contributed by atoms with E-state index < -0.39 is 12.0 Å². The fourth-order valence-corrected chi connectivity index (χ4v) is 3.32. The maximum absolute atomic E-state index is 11.9. The van der Waals surface area contributed by atoms with Crippen molar-refractivity contribution in [2.24, 2.45) is 4.99 Å². The average molecular weight is 385 g/mol. The summed E-state index contributed by atoms with van der Waals surface area (Å²) in [6.07, 6.45) is 4.81. The van der Waals surface area contributed by atoms with Crippen LogP contribution in [-0.4, -0.2) is 33.9 Å². The molecule has 0 saturated heterocycles. The van der Waals surface area contributed by atoms with Crippen LogP contribution >= 0.6 is 11.8 Å². The summed E-state index contributed by atoms with van der Waals surface area (Å²) in [5.74, 6) is 0.361. The Kier molecular flexibility index (Phi) is 6.08. The van der Waals surface area contributed by atoms with Gasteiger partial charge in [0.1, 0.15) is 5.75 Å². The van der Waals surface area contributed by atoms with Gasteiger partial charge in [-0.1, -0.05) is 25.5 Å². The second kappa shape index (κ2) is 8.68. The van der Waals surface area contributed by atoms with Crippen LogP contribution in [0.4, 0.5) is 4.79 Å². The van der Waals surface area contributed by atoms with E-state index in [-0.39, 0.29) is 5.17 Å². The molecule has 1 aromatic heterocycles. The molecule has 2 heterocycles. The van der Waals surface area contributed by atoms with Crippen LogP contribution in [0.3, 0.4) is 0 Å². The number of carbonyl (C=O) groups excluding carboxylic acids is 1. The van der Waals surface area contributed by atoms with E-state index in [1.165, 1.54) is 0 Å². The normalized spacial score (nSPS) is 15.2. The van der Waals surface area contributed by atoms with Crippen LogP contribution in [0.5, 0.6) is 5.75 Å². The number of benzene rings is 1. The molecule has 1 aromatic carbocycles. The van der Waals surface area contributed by atoms with Gasteiger partial charge in [0.15, 0.2) is 5.17 Å². The molecule has 3 rings (SSSR count). The molecule has 0 saturated carbocycles. The van der Waals surface area contributed by atoms with Crippen molar-refractivity contribution in [3.8, 4) is 5.75 Å². The molecule has 0 spiro atoms. The summed E-state index contributed by atoms with van der Waals surface area (Å²) in [6.45, 7) is 2.77. The molecule has 0 atom stereocenters. The highest BCUT2D eigenvalue weighted by molar-refractivity contribution is 8.18. The molecule has 1 aliphatic rings. The SMILES string of the molecule is CCCCOc1ccnc2ccc(C/C=C3\SC(NC(=O)O)=NC3=O)cc12. The highest BCUT2D eigenvalue weighted by atomic mass is 32.2. The van der Waals surface area contributed by atoms with E-state index in [0.717, 1.165) is 46.8 Å². The van der Waals surface area contributed by atoms with E-state index >= 15 is 0 Å². The molecule has 2 amide bonds. The zero-order chi connectivity index (χ0) is 19.2. The van der Waals surface area contributed by atoms with Crippen molar-refractivity contribution < 1.29 is 19.4 Å². The van der Waals surface area contributed by atoms with Gasteiger partial charge in [0, 0.05) is 11.6 Å². The molecular formula is C19H19N3O4S. The van der Waals surface area contributed by atoms with Gasteiger partial charge in [-0.2, -0.15) is 4.99 Å². The van der Waals surface area contributed by atoms with E-state index in [1.807, 2.05) is 24.3 Å². The Bertz CT molecular complexity index is 940. The first-order valence-corrected chi connectivity index (χ1v) is 9.40. The molecule has 0 fully saturated rings. The second-order valence-electron chi connectivity index (χ2n) is 5.89. The number of allylic oxidation sites excluding steroid dienone is 1. The molecule has 0 unspecified atom stereocenters. The number of hydrogen-bond acceptors (Lipinski definition) is 5. The number of unbranched alkanes of at least 4 members (excludes halogenated alkanes) is 1. The fourth-order valence-electron chi connectivity index (χ4n) is 2.55. The first-order chi connectivity index (χ1) is 13.1. The van der Waals surface area contributed by atoms with Crippen molar-refractivity contribution in [2.45, 2.75) is 26.2 Å². The summed E-state index contributed by atoms with van der Waals surface area (Å²) in [7, 11) is 0. The zero-order valence-corrected chi connectivity index (χ0v) is 15.6. The largest absolute Gasteiger partial charge is 0.493 e. The summed E-state index contributed by atoms with van der Waals surface area (Å²) in [4.78, 5) is 31.0. The van der Waals surface area contributed by atoms with Crippen molar-refractivity contribution in [3.05, 3.63) is 47.0 Å². The number of rotatable bonds is 6. The number of aromatic nitrogens is 1. The Morgan fingerprint density at radius 2 is 2.22 bits per heavy atom. The Morgan fingerprint density at radius 3 is 3.00 bits per heavy atom. The Labute approximate surface area is 160 Å². The summed E-state index contributed by atoms with van der Waals surface area (Å²) >= 11 is 1.02. The van der Waals surface area contributed by atoms with Gasteiger partial charge >= 0.3 is 6.09 Å². The van der Waals surface area contributed by atoms with E-state index in [9.17, 15) is 9.59 Å². The summed E-state index contributed by atoms with van der Waals surface area (Å²) in [5.41, 5.74) is 1.85. The van der Waals surface area contributed by atoms with Gasteiger partial charge in [-0.25, -0.2) is 4.79 Å². The number of hydrogen-bond donors (Lipinski definition) is 2. The van der Waals surface area contributed by atoms with E-state index in [2.05, 4.69) is 22.2 Å². The van der Waals surface area contributed by atoms with Gasteiger partial charge in [-0.3, -0.25) is 15.1 Å². The van der Waals surface area contributed by atoms with Crippen molar-refractivity contribution in [1.29, 1.82) is 0 Å². The van der Waals surface area contributed by atoms with Crippen LogP contribution in [0.1, 0.15) is 25.3 Å². The highest BCUT2D eigenvalue weighted by Crippen LogP contribution is 2.28. The first-order valence-electron chi connectivity index (χ1n) is 8.58. The molecule has 8 heteroatoms. The van der Waals surface area contributed by atoms with Crippen molar-refractivity contribution in [1.82, 2.24) is 10.3 Å². The maximum atomic E-state index is 11.9. The van der Waals surface area contributed by atoms with Crippen molar-refractivity contribution in [2.75, 3.05) is 6.61 Å². The lowest BCUT2D eigenvalue weighted by molar-refractivity contribution is -0.113. The molecule has 1 aliphatic heterocycles. The molecule has 0 bridgehead atoms. The number of nitrogens with zero attached hydrogens (tertiary/aromatic N) is 2. The van der Waals surface area contributed by atoms with Crippen molar-refractivity contribution in [3.63, 3.8) is 0 Å². The van der Waals surface area contributed by atoms with Crippen LogP contribution in [0, 0.1) is 0 Å². The Hall–Kier alpha value is -2.87. The molecule has 7 nitrogen and oxygen atoms in total. The number of nitrogens with one attached hydrogen (secondary N) is 1. The van der Waals surface area contributed by atoms with E-state index in [4.69, 9.17) is 9.84 Å². The summed E-state index contributed by atoms with van der Waals surface area (Å²) < 4.78 is 5.86. The summed E-state index contributed by atoms with van der Waals surface area (Å²) in [5, 5.41) is 11.8. The number of pyridine rings is 1. The number of carbonyl (C=O) groups is 2. The fraction of sp³-hybridized carbons (Fsp3) is 0.263. The molecule has 2 aromatic rings. The topological polar surface area (TPSA) is 101 Å². The third kappa shape index (κ3) is 4.85. The molecule has 2 N–H and O–H groups in total. The highest BCUT2D eigenvalue weighted by Gasteiger charge is 2.22. The Morgan fingerprint density at radius 1 is 1.37 bits per heavy atom. The molecule has 0 radical (unpaired) electrons. The number of amides is 2. The van der Waals surface area contributed by atoms with Crippen LogP contribution in [0.2, 0.25) is 0 Å². The van der Waals surface area contributed by atoms with E-state index in [0.29, 0.717) is 17.9 Å². The lowest BCUT2D eigenvalue weighted by atomic mass is 10.1. The van der Waals surface area contributed by atoms with Gasteiger partial charge < -0.3 is 9.84 Å². The van der Waals surface area contributed by atoms with Crippen LogP contribution in [-0.2, 0) is 11.2 Å². The van der Waals surface area contributed by atoms with Crippen LogP contribution in [0.15, 0.2) is 46.4 Å². The van der Waals surface area contributed by atoms with Gasteiger partial charge in [0.25, 0.3) is 5.91 Å². The average Bonchev–Trinajstić information content (AvgIpc) is 2.98. The van der Waals surface area contributed by atoms with Crippen molar-refractivity contribution >= 4 is 39.8 Å². The number of fused-ring (bicyclic) bond motifs is 1. The number of amidine groups is 1. The predicted molar refractivity (Wildman–Crippen MR) is 105 cm³/mol. The third-order valence-electron chi connectivity index (χ3n) is 3.88. The number of thioether (sulfide) groups is 1. The molecule has 27 heavy (non-hydrogen) atoms. The lowest BCUT2D eigenvalue weighted by Crippen LogP contribution is -2.24. The maximum Gasteiger partial charge on any atom is 0.410 e. The van der Waals surface area contributed by atoms with Gasteiger partial charge in [-0.15, -0.1) is 0 Å². The second-order valence-corrected chi connectivity index (χ2v) is 6.92. The predicted octanol–water partition coefficient (Wildman–Crippen LogP) is 3.74. The van der Waals surface area contributed by atoms with Crippen LogP contribution < -0.4 is 10.1 Å². The van der Waals surface area contributed by atoms with Crippen LogP contribution in [0.25, 0.3) is 10.9 Å². The lowest BCUT2D eigenvalue weighted by Gasteiger charge is -2.09. The minimum Gasteiger partial charge on any atom is -0.493 e. The smallest absolute Gasteiger partial charge is 0.410 e. The first kappa shape index (κ1) is 18.9. The minimum atomic E-state index is -1.24. The number of ether oxygens (including phenoxy) is 1. The van der Waals surface area contributed by atoms with Gasteiger partial charge in [0.2, 0.25) is 0 Å². The van der Waals surface area contributed by atoms with Gasteiger partial charge in [0.05, 0.1) is 17.0 Å². The Balaban J connectivity index is 1.75. The molecular weight excluding hydrogens is 366 g/mol. The monoisotopic (exact) mass is 385 g/mol. The minimum absolute atomic E-state index is 0.0769. The zero-order valence-electron chi connectivity index (χ0n) is 14.8. The number of aliphatic imine (C=N–C) groups is 1. The van der Waals surface area contributed by atoms with E-state index in [1.54, 1.807) is 12.3 Å².